The number of nitrogens with zero attached hydrogens (tertiary/aromatic N) is 2. The molecule has 3 heterocycles. The van der Waals surface area contributed by atoms with Crippen LogP contribution in [0.2, 0.25) is 0 Å². The van der Waals surface area contributed by atoms with Gasteiger partial charge in [0.1, 0.15) is 0 Å². The fourth-order valence-electron chi connectivity index (χ4n) is 9.93. The SMILES string of the molecule is CC(C)(C)c1ccc2c(c1)C(C)(C)c1cc(C(C)(C)C)ccc1N2c1ccc2sc3ccc(N4c5ccc(C(C)(C)C)cc5C(C)(C)c5cc(C(C)(C)C)ccc54)cc3c2c1. The number of hydrogen-bond acceptors (Lipinski definition) is 3. The molecule has 0 aliphatic carbocycles. The van der Waals surface area contributed by atoms with Crippen molar-refractivity contribution < 1.29 is 0 Å². The summed E-state index contributed by atoms with van der Waals surface area (Å²) < 4.78 is 2.62. The molecule has 0 fully saturated rings. The highest BCUT2D eigenvalue weighted by molar-refractivity contribution is 7.25. The van der Waals surface area contributed by atoms with Gasteiger partial charge in [-0.2, -0.15) is 0 Å². The third-order valence-electron chi connectivity index (χ3n) is 14.1. The Morgan fingerprint density at radius 2 is 0.607 bits per heavy atom. The summed E-state index contributed by atoms with van der Waals surface area (Å²) in [6.45, 7) is 37.6. The average Bonchev–Trinajstić information content (AvgIpc) is 3.53. The number of thiophene rings is 1. The van der Waals surface area contributed by atoms with E-state index in [0.717, 1.165) is 0 Å². The first kappa shape index (κ1) is 41.5. The van der Waals surface area contributed by atoms with Crippen molar-refractivity contribution in [3.63, 3.8) is 0 Å². The fraction of sp³-hybridized carbons (Fsp3) is 0.379. The van der Waals surface area contributed by atoms with E-state index >= 15 is 0 Å². The summed E-state index contributed by atoms with van der Waals surface area (Å²) in [5.74, 6) is 0. The maximum atomic E-state index is 2.54. The standard InChI is InChI=1S/C58H66N2S/c1-53(2,3)35-17-23-47-43(29-35)57(13,14)44-30-36(54(4,5)6)18-24-48(44)59(47)39-21-27-51-41(33-39)42-34-40(22-28-52(42)61-51)60-49-25-19-37(55(7,8)9)31-45(49)58(15,16)46-32-38(56(10,11)12)20-26-50(46)60/h17-34H,1-16H3. The molecule has 6 aromatic carbocycles. The van der Waals surface area contributed by atoms with Crippen molar-refractivity contribution in [2.24, 2.45) is 0 Å². The first-order chi connectivity index (χ1) is 28.3. The van der Waals surface area contributed by atoms with Crippen LogP contribution in [0, 0.1) is 0 Å². The topological polar surface area (TPSA) is 6.48 Å². The Labute approximate surface area is 370 Å². The molecule has 0 unspecified atom stereocenters. The van der Waals surface area contributed by atoms with Crippen LogP contribution in [0.3, 0.4) is 0 Å². The second-order valence-electron chi connectivity index (χ2n) is 23.3. The summed E-state index contributed by atoms with van der Waals surface area (Å²) in [5.41, 5.74) is 18.3. The highest BCUT2D eigenvalue weighted by atomic mass is 32.1. The van der Waals surface area contributed by atoms with Crippen molar-refractivity contribution in [3.8, 4) is 0 Å². The van der Waals surface area contributed by atoms with Gasteiger partial charge in [0.2, 0.25) is 0 Å². The lowest BCUT2D eigenvalue weighted by Gasteiger charge is -2.43. The molecular formula is C58H66N2S. The van der Waals surface area contributed by atoms with Crippen molar-refractivity contribution in [3.05, 3.63) is 154 Å². The molecule has 0 N–H and O–H groups in total. The van der Waals surface area contributed by atoms with E-state index in [0.29, 0.717) is 0 Å². The second-order valence-corrected chi connectivity index (χ2v) is 24.4. The highest BCUT2D eigenvalue weighted by Crippen LogP contribution is 2.56. The third-order valence-corrected chi connectivity index (χ3v) is 15.2. The fourth-order valence-corrected chi connectivity index (χ4v) is 11.0. The second kappa shape index (κ2) is 13.3. The average molecular weight is 823 g/mol. The van der Waals surface area contributed by atoms with Gasteiger partial charge >= 0.3 is 0 Å². The molecule has 0 atom stereocenters. The van der Waals surface area contributed by atoms with Crippen molar-refractivity contribution in [1.29, 1.82) is 0 Å². The molecular weight excluding hydrogens is 757 g/mol. The van der Waals surface area contributed by atoms with E-state index in [-0.39, 0.29) is 32.5 Å². The van der Waals surface area contributed by atoms with Gasteiger partial charge in [0.05, 0.1) is 22.7 Å². The van der Waals surface area contributed by atoms with Crippen LogP contribution in [-0.2, 0) is 32.5 Å². The Balaban J connectivity index is 1.25. The van der Waals surface area contributed by atoms with E-state index < -0.39 is 0 Å². The Hall–Kier alpha value is -4.86. The van der Waals surface area contributed by atoms with Crippen molar-refractivity contribution in [1.82, 2.24) is 0 Å². The smallest absolute Gasteiger partial charge is 0.0502 e. The normalized spacial score (nSPS) is 16.1. The summed E-state index contributed by atoms with van der Waals surface area (Å²) >= 11 is 1.90. The van der Waals surface area contributed by atoms with Gasteiger partial charge in [0.15, 0.2) is 0 Å². The molecule has 0 saturated carbocycles. The summed E-state index contributed by atoms with van der Waals surface area (Å²) in [7, 11) is 0. The van der Waals surface area contributed by atoms with Gasteiger partial charge in [0, 0.05) is 42.4 Å². The minimum Gasteiger partial charge on any atom is -0.310 e. The molecule has 2 nitrogen and oxygen atoms in total. The maximum absolute atomic E-state index is 2.54. The maximum Gasteiger partial charge on any atom is 0.0502 e. The minimum absolute atomic E-state index is 0.0462. The Morgan fingerprint density at radius 3 is 0.852 bits per heavy atom. The lowest BCUT2D eigenvalue weighted by molar-refractivity contribution is 0.572. The van der Waals surface area contributed by atoms with Gasteiger partial charge < -0.3 is 9.80 Å². The van der Waals surface area contributed by atoms with Crippen LogP contribution in [-0.4, -0.2) is 0 Å². The monoisotopic (exact) mass is 822 g/mol. The zero-order chi connectivity index (χ0) is 44.0. The number of fused-ring (bicyclic) bond motifs is 7. The van der Waals surface area contributed by atoms with Crippen LogP contribution < -0.4 is 9.80 Å². The number of anilines is 6. The van der Waals surface area contributed by atoms with Crippen LogP contribution in [0.1, 0.15) is 155 Å². The predicted octanol–water partition coefficient (Wildman–Crippen LogP) is 17.5. The van der Waals surface area contributed by atoms with Gasteiger partial charge in [0.25, 0.3) is 0 Å². The summed E-state index contributed by atoms with van der Waals surface area (Å²) in [6.07, 6.45) is 0. The molecule has 2 aliphatic heterocycles. The molecule has 0 saturated heterocycles. The first-order valence-electron chi connectivity index (χ1n) is 22.4. The quantitative estimate of drug-likeness (QED) is 0.171. The molecule has 61 heavy (non-hydrogen) atoms. The van der Waals surface area contributed by atoms with Gasteiger partial charge in [-0.05, 0) is 127 Å². The lowest BCUT2D eigenvalue weighted by Crippen LogP contribution is -2.32. The number of rotatable bonds is 2. The molecule has 314 valence electrons. The van der Waals surface area contributed by atoms with Crippen LogP contribution in [0.25, 0.3) is 20.2 Å². The van der Waals surface area contributed by atoms with E-state index in [1.807, 2.05) is 11.3 Å². The number of hydrogen-bond donors (Lipinski definition) is 0. The highest BCUT2D eigenvalue weighted by Gasteiger charge is 2.40. The van der Waals surface area contributed by atoms with Gasteiger partial charge in [-0.1, -0.05) is 159 Å². The Bertz CT molecular complexity index is 2570. The summed E-state index contributed by atoms with van der Waals surface area (Å²) in [6, 6.07) is 43.2. The third kappa shape index (κ3) is 6.64. The van der Waals surface area contributed by atoms with E-state index in [1.165, 1.54) is 98.8 Å². The van der Waals surface area contributed by atoms with E-state index in [1.54, 1.807) is 0 Å². The molecule has 7 aromatic rings. The van der Waals surface area contributed by atoms with Gasteiger partial charge in [-0.25, -0.2) is 0 Å². The molecule has 0 spiro atoms. The summed E-state index contributed by atoms with van der Waals surface area (Å²) in [4.78, 5) is 5.08. The Morgan fingerprint density at radius 1 is 0.344 bits per heavy atom. The largest absolute Gasteiger partial charge is 0.310 e. The molecule has 0 bridgehead atoms. The van der Waals surface area contributed by atoms with Gasteiger partial charge in [-0.3, -0.25) is 0 Å². The lowest BCUT2D eigenvalue weighted by atomic mass is 9.70. The predicted molar refractivity (Wildman–Crippen MR) is 268 cm³/mol. The molecule has 9 rings (SSSR count). The van der Waals surface area contributed by atoms with Crippen LogP contribution in [0.5, 0.6) is 0 Å². The summed E-state index contributed by atoms with van der Waals surface area (Å²) in [5, 5.41) is 2.60. The van der Waals surface area contributed by atoms with Gasteiger partial charge in [-0.15, -0.1) is 11.3 Å². The molecule has 2 aliphatic rings. The zero-order valence-corrected chi connectivity index (χ0v) is 40.5. The molecule has 1 aromatic heterocycles. The Kier molecular flexibility index (Phi) is 9.06. The van der Waals surface area contributed by atoms with E-state index in [9.17, 15) is 0 Å². The number of benzene rings is 6. The van der Waals surface area contributed by atoms with Crippen LogP contribution in [0.4, 0.5) is 34.1 Å². The van der Waals surface area contributed by atoms with E-state index in [2.05, 4.69) is 230 Å². The van der Waals surface area contributed by atoms with Crippen LogP contribution >= 0.6 is 11.3 Å². The van der Waals surface area contributed by atoms with Crippen LogP contribution in [0.15, 0.2) is 109 Å². The molecule has 3 heteroatoms. The zero-order valence-electron chi connectivity index (χ0n) is 39.7. The van der Waals surface area contributed by atoms with Crippen molar-refractivity contribution >= 4 is 65.6 Å². The first-order valence-corrected chi connectivity index (χ1v) is 23.2. The minimum atomic E-state index is -0.172. The molecule has 0 amide bonds. The van der Waals surface area contributed by atoms with Crippen molar-refractivity contribution in [2.75, 3.05) is 9.80 Å². The molecule has 0 radical (unpaired) electrons. The van der Waals surface area contributed by atoms with E-state index in [4.69, 9.17) is 0 Å². The van der Waals surface area contributed by atoms with Crippen molar-refractivity contribution in [2.45, 2.75) is 143 Å².